The Kier molecular flexibility index (Phi) is 4.93. The molecule has 0 amide bonds. The summed E-state index contributed by atoms with van der Waals surface area (Å²) in [6, 6.07) is 8.64. The van der Waals surface area contributed by atoms with Crippen molar-refractivity contribution in [2.75, 3.05) is 25.4 Å². The maximum absolute atomic E-state index is 6.35. The van der Waals surface area contributed by atoms with Gasteiger partial charge in [0.2, 0.25) is 0 Å². The van der Waals surface area contributed by atoms with Gasteiger partial charge in [-0.25, -0.2) is 0 Å². The molecule has 19 heavy (non-hydrogen) atoms. The van der Waals surface area contributed by atoms with Gasteiger partial charge in [-0.1, -0.05) is 24.3 Å². The molecular weight excluding hydrogens is 252 g/mol. The highest BCUT2D eigenvalue weighted by Crippen LogP contribution is 2.30. The van der Waals surface area contributed by atoms with E-state index in [4.69, 9.17) is 5.73 Å². The van der Waals surface area contributed by atoms with Crippen LogP contribution in [0.4, 0.5) is 0 Å². The minimum atomic E-state index is 0.166. The number of rotatable bonds is 4. The molecule has 1 atom stereocenters. The second kappa shape index (κ2) is 6.29. The van der Waals surface area contributed by atoms with E-state index in [9.17, 15) is 0 Å². The summed E-state index contributed by atoms with van der Waals surface area (Å²) in [6.45, 7) is 10.3. The number of hydrogen-bond donors (Lipinski definition) is 1. The summed E-state index contributed by atoms with van der Waals surface area (Å²) in [5.74, 6) is 1.24. The summed E-state index contributed by atoms with van der Waals surface area (Å²) >= 11 is 2.08. The zero-order valence-electron chi connectivity index (χ0n) is 12.4. The Labute approximate surface area is 121 Å². The van der Waals surface area contributed by atoms with Crippen molar-refractivity contribution in [2.45, 2.75) is 38.0 Å². The number of aryl methyl sites for hydroxylation is 1. The lowest BCUT2D eigenvalue weighted by Crippen LogP contribution is -2.43. The molecule has 106 valence electrons. The fourth-order valence-corrected chi connectivity index (χ4v) is 3.96. The van der Waals surface area contributed by atoms with Gasteiger partial charge in [0, 0.05) is 36.2 Å². The van der Waals surface area contributed by atoms with Crippen LogP contribution in [0.3, 0.4) is 0 Å². The van der Waals surface area contributed by atoms with Crippen LogP contribution in [0.5, 0.6) is 0 Å². The first-order valence-corrected chi connectivity index (χ1v) is 8.14. The van der Waals surface area contributed by atoms with Crippen molar-refractivity contribution < 1.29 is 0 Å². The first kappa shape index (κ1) is 14.9. The normalized spacial score (nSPS) is 21.3. The van der Waals surface area contributed by atoms with E-state index in [1.165, 1.54) is 30.0 Å². The van der Waals surface area contributed by atoms with Gasteiger partial charge in [0.1, 0.15) is 0 Å². The Bertz CT molecular complexity index is 417. The van der Waals surface area contributed by atoms with Crippen molar-refractivity contribution >= 4 is 11.8 Å². The summed E-state index contributed by atoms with van der Waals surface area (Å²) in [7, 11) is 0. The number of nitrogens with two attached hydrogens (primary N) is 1. The van der Waals surface area contributed by atoms with Crippen LogP contribution in [0.2, 0.25) is 0 Å². The first-order chi connectivity index (χ1) is 8.98. The van der Waals surface area contributed by atoms with Gasteiger partial charge < -0.3 is 10.6 Å². The molecule has 1 fully saturated rings. The highest BCUT2D eigenvalue weighted by molar-refractivity contribution is 8.00. The number of hydrogen-bond acceptors (Lipinski definition) is 3. The minimum Gasteiger partial charge on any atom is -0.324 e. The van der Waals surface area contributed by atoms with E-state index in [1.54, 1.807) is 0 Å². The molecule has 2 rings (SSSR count). The van der Waals surface area contributed by atoms with Crippen LogP contribution in [0, 0.1) is 6.92 Å². The van der Waals surface area contributed by atoms with E-state index in [2.05, 4.69) is 61.7 Å². The van der Waals surface area contributed by atoms with E-state index in [-0.39, 0.29) is 6.04 Å². The molecule has 0 aliphatic carbocycles. The number of nitrogens with zero attached hydrogens (tertiary/aromatic N) is 1. The summed E-state index contributed by atoms with van der Waals surface area (Å²) in [5, 5.41) is 0. The van der Waals surface area contributed by atoms with Crippen molar-refractivity contribution in [3.63, 3.8) is 0 Å². The Balaban J connectivity index is 1.87. The number of thioether (sulfide) groups is 1. The second-order valence-corrected chi connectivity index (χ2v) is 7.94. The van der Waals surface area contributed by atoms with Crippen molar-refractivity contribution in [2.24, 2.45) is 5.73 Å². The highest BCUT2D eigenvalue weighted by atomic mass is 32.2. The van der Waals surface area contributed by atoms with Crippen LogP contribution in [0.1, 0.15) is 37.4 Å². The van der Waals surface area contributed by atoms with Crippen molar-refractivity contribution in [1.29, 1.82) is 0 Å². The first-order valence-electron chi connectivity index (χ1n) is 7.15. The van der Waals surface area contributed by atoms with E-state index in [0.29, 0.717) is 4.75 Å². The zero-order chi connectivity index (χ0) is 13.9. The zero-order valence-corrected chi connectivity index (χ0v) is 13.2. The lowest BCUT2D eigenvalue weighted by molar-refractivity contribution is 0.251. The van der Waals surface area contributed by atoms with Crippen LogP contribution in [-0.4, -0.2) is 35.0 Å². The molecule has 0 saturated carbocycles. The molecule has 1 unspecified atom stereocenters. The molecule has 2 nitrogen and oxygen atoms in total. The molecule has 0 aromatic heterocycles. The van der Waals surface area contributed by atoms with E-state index in [0.717, 1.165) is 13.0 Å². The second-order valence-electron chi connectivity index (χ2n) is 6.14. The minimum absolute atomic E-state index is 0.166. The molecule has 1 aliphatic heterocycles. The Hall–Kier alpha value is -0.510. The van der Waals surface area contributed by atoms with Crippen LogP contribution in [-0.2, 0) is 0 Å². The average molecular weight is 278 g/mol. The molecule has 2 N–H and O–H groups in total. The fraction of sp³-hybridized carbons (Fsp3) is 0.625. The Morgan fingerprint density at radius 3 is 2.79 bits per heavy atom. The third-order valence-corrected chi connectivity index (χ3v) is 5.15. The van der Waals surface area contributed by atoms with E-state index < -0.39 is 0 Å². The largest absolute Gasteiger partial charge is 0.324 e. The SMILES string of the molecule is Cc1ccccc1C(N)CCN1CCSC(C)(C)C1. The van der Waals surface area contributed by atoms with Crippen molar-refractivity contribution in [1.82, 2.24) is 4.90 Å². The summed E-state index contributed by atoms with van der Waals surface area (Å²) in [4.78, 5) is 2.56. The monoisotopic (exact) mass is 278 g/mol. The summed E-state index contributed by atoms with van der Waals surface area (Å²) in [5.41, 5.74) is 8.96. The summed E-state index contributed by atoms with van der Waals surface area (Å²) < 4.78 is 0.394. The lowest BCUT2D eigenvalue weighted by Gasteiger charge is -2.38. The van der Waals surface area contributed by atoms with Crippen molar-refractivity contribution in [3.05, 3.63) is 35.4 Å². The van der Waals surface area contributed by atoms with Crippen LogP contribution < -0.4 is 5.73 Å². The maximum Gasteiger partial charge on any atom is 0.0309 e. The molecule has 3 heteroatoms. The van der Waals surface area contributed by atoms with Gasteiger partial charge >= 0.3 is 0 Å². The quantitative estimate of drug-likeness (QED) is 0.917. The molecule has 1 aliphatic rings. The smallest absolute Gasteiger partial charge is 0.0309 e. The maximum atomic E-state index is 6.35. The molecule has 0 radical (unpaired) electrons. The summed E-state index contributed by atoms with van der Waals surface area (Å²) in [6.07, 6.45) is 1.05. The van der Waals surface area contributed by atoms with E-state index >= 15 is 0 Å². The van der Waals surface area contributed by atoms with E-state index in [1.807, 2.05) is 0 Å². The third-order valence-electron chi connectivity index (χ3n) is 3.85. The fourth-order valence-electron chi connectivity index (χ4n) is 2.79. The Morgan fingerprint density at radius 2 is 2.11 bits per heavy atom. The van der Waals surface area contributed by atoms with Gasteiger partial charge in [0.25, 0.3) is 0 Å². The average Bonchev–Trinajstić information content (AvgIpc) is 2.35. The van der Waals surface area contributed by atoms with Crippen LogP contribution in [0.25, 0.3) is 0 Å². The van der Waals surface area contributed by atoms with Gasteiger partial charge in [-0.3, -0.25) is 0 Å². The van der Waals surface area contributed by atoms with Gasteiger partial charge in [-0.05, 0) is 38.3 Å². The van der Waals surface area contributed by atoms with Crippen LogP contribution >= 0.6 is 11.8 Å². The van der Waals surface area contributed by atoms with Gasteiger partial charge in [-0.2, -0.15) is 11.8 Å². The third kappa shape index (κ3) is 4.23. The molecule has 0 bridgehead atoms. The molecule has 0 spiro atoms. The molecule has 1 heterocycles. The topological polar surface area (TPSA) is 29.3 Å². The van der Waals surface area contributed by atoms with Gasteiger partial charge in [-0.15, -0.1) is 0 Å². The molecular formula is C16H26N2S. The van der Waals surface area contributed by atoms with Gasteiger partial charge in [0.15, 0.2) is 0 Å². The predicted molar refractivity (Wildman–Crippen MR) is 85.7 cm³/mol. The molecule has 1 aromatic carbocycles. The number of benzene rings is 1. The van der Waals surface area contributed by atoms with Gasteiger partial charge in [0.05, 0.1) is 0 Å². The highest BCUT2D eigenvalue weighted by Gasteiger charge is 2.26. The predicted octanol–water partition coefficient (Wildman–Crippen LogP) is 3.21. The molecule has 1 aromatic rings. The van der Waals surface area contributed by atoms with Crippen molar-refractivity contribution in [3.8, 4) is 0 Å². The molecule has 1 saturated heterocycles. The standard InChI is InChI=1S/C16H26N2S/c1-13-6-4-5-7-14(13)15(17)8-9-18-10-11-19-16(2,3)12-18/h4-7,15H,8-12,17H2,1-3H3. The lowest BCUT2D eigenvalue weighted by atomic mass is 9.99. The Morgan fingerprint density at radius 1 is 1.37 bits per heavy atom. The van der Waals surface area contributed by atoms with Crippen LogP contribution in [0.15, 0.2) is 24.3 Å².